The Balaban J connectivity index is 3.10. The van der Waals surface area contributed by atoms with Gasteiger partial charge in [-0.1, -0.05) is 51.1 Å². The van der Waals surface area contributed by atoms with Gasteiger partial charge in [-0.2, -0.15) is 0 Å². The molecule has 0 fully saturated rings. The number of rotatable bonds is 7. The number of hydrogen-bond acceptors (Lipinski definition) is 1. The summed E-state index contributed by atoms with van der Waals surface area (Å²) in [5.41, 5.74) is 2.40. The zero-order chi connectivity index (χ0) is 16.0. The van der Waals surface area contributed by atoms with Crippen LogP contribution in [0.2, 0.25) is 5.02 Å². The third-order valence-electron chi connectivity index (χ3n) is 3.59. The van der Waals surface area contributed by atoms with Gasteiger partial charge >= 0.3 is 0 Å². The van der Waals surface area contributed by atoms with Crippen molar-refractivity contribution in [1.82, 2.24) is 0 Å². The van der Waals surface area contributed by atoms with Gasteiger partial charge in [0.05, 0.1) is 12.4 Å². The summed E-state index contributed by atoms with van der Waals surface area (Å²) in [7, 11) is 0. The molecule has 1 nitrogen and oxygen atoms in total. The molecule has 1 atom stereocenters. The van der Waals surface area contributed by atoms with E-state index in [2.05, 4.69) is 45.5 Å². The monoisotopic (exact) mass is 328 g/mol. The van der Waals surface area contributed by atoms with E-state index in [1.807, 2.05) is 6.92 Å². The standard InChI is InChI=1S/C18H26Cl2O/c1-6-21-13(2)15(8-7-11-19)16-10-9-14(12-17(16)20)18(3,4)5/h9-10,12,15H,2,6-8,11H2,1,3-5H3. The molecule has 0 N–H and O–H groups in total. The van der Waals surface area contributed by atoms with Crippen LogP contribution in [-0.4, -0.2) is 12.5 Å². The minimum atomic E-state index is 0.0880. The van der Waals surface area contributed by atoms with Crippen molar-refractivity contribution in [2.24, 2.45) is 0 Å². The van der Waals surface area contributed by atoms with Crippen molar-refractivity contribution in [2.45, 2.75) is 51.9 Å². The number of hydrogen-bond donors (Lipinski definition) is 0. The second kappa shape index (κ2) is 8.10. The fourth-order valence-electron chi connectivity index (χ4n) is 2.33. The summed E-state index contributed by atoms with van der Waals surface area (Å²) in [5.74, 6) is 1.51. The Morgan fingerprint density at radius 3 is 2.48 bits per heavy atom. The molecule has 1 rings (SSSR count). The summed E-state index contributed by atoms with van der Waals surface area (Å²) in [5, 5.41) is 0.780. The van der Waals surface area contributed by atoms with E-state index in [-0.39, 0.29) is 11.3 Å². The van der Waals surface area contributed by atoms with E-state index < -0.39 is 0 Å². The number of allylic oxidation sites excluding steroid dienone is 1. The minimum Gasteiger partial charge on any atom is -0.498 e. The van der Waals surface area contributed by atoms with Crippen molar-refractivity contribution in [1.29, 1.82) is 0 Å². The number of alkyl halides is 1. The van der Waals surface area contributed by atoms with Gasteiger partial charge in [0.15, 0.2) is 0 Å². The van der Waals surface area contributed by atoms with E-state index >= 15 is 0 Å². The molecule has 0 saturated carbocycles. The largest absolute Gasteiger partial charge is 0.498 e. The normalized spacial score (nSPS) is 13.0. The first-order valence-electron chi connectivity index (χ1n) is 7.48. The van der Waals surface area contributed by atoms with Crippen LogP contribution in [0.15, 0.2) is 30.5 Å². The van der Waals surface area contributed by atoms with E-state index in [1.165, 1.54) is 5.56 Å². The van der Waals surface area contributed by atoms with Gasteiger partial charge in [-0.3, -0.25) is 0 Å². The lowest BCUT2D eigenvalue weighted by Gasteiger charge is -2.24. The third-order valence-corrected chi connectivity index (χ3v) is 4.18. The molecular formula is C18H26Cl2O. The smallest absolute Gasteiger partial charge is 0.0963 e. The van der Waals surface area contributed by atoms with Crippen LogP contribution in [0.3, 0.4) is 0 Å². The van der Waals surface area contributed by atoms with Gasteiger partial charge < -0.3 is 4.74 Å². The summed E-state index contributed by atoms with van der Waals surface area (Å²) in [4.78, 5) is 0. The number of benzene rings is 1. The molecule has 1 aromatic carbocycles. The summed E-state index contributed by atoms with van der Waals surface area (Å²) < 4.78 is 5.61. The second-order valence-corrected chi connectivity index (χ2v) is 7.05. The van der Waals surface area contributed by atoms with Crippen LogP contribution in [-0.2, 0) is 10.2 Å². The lowest BCUT2D eigenvalue weighted by atomic mass is 9.84. The Morgan fingerprint density at radius 2 is 2.00 bits per heavy atom. The molecule has 0 aliphatic carbocycles. The maximum Gasteiger partial charge on any atom is 0.0963 e. The predicted molar refractivity (Wildman–Crippen MR) is 93.6 cm³/mol. The topological polar surface area (TPSA) is 9.23 Å². The van der Waals surface area contributed by atoms with Crippen LogP contribution in [0.1, 0.15) is 57.6 Å². The highest BCUT2D eigenvalue weighted by Crippen LogP contribution is 2.36. The van der Waals surface area contributed by atoms with E-state index in [0.717, 1.165) is 29.2 Å². The van der Waals surface area contributed by atoms with Crippen LogP contribution in [0.4, 0.5) is 0 Å². The molecule has 21 heavy (non-hydrogen) atoms. The van der Waals surface area contributed by atoms with E-state index in [9.17, 15) is 0 Å². The van der Waals surface area contributed by atoms with Gasteiger partial charge in [0.25, 0.3) is 0 Å². The van der Waals surface area contributed by atoms with Gasteiger partial charge in [-0.15, -0.1) is 11.6 Å². The maximum atomic E-state index is 6.52. The van der Waals surface area contributed by atoms with Crippen LogP contribution in [0.5, 0.6) is 0 Å². The molecule has 0 heterocycles. The molecule has 118 valence electrons. The summed E-state index contributed by atoms with van der Waals surface area (Å²) in [6, 6.07) is 6.31. The average molecular weight is 329 g/mol. The zero-order valence-corrected chi connectivity index (χ0v) is 15.0. The molecule has 3 heteroatoms. The van der Waals surface area contributed by atoms with Gasteiger partial charge in [0.1, 0.15) is 0 Å². The molecule has 0 amide bonds. The highest BCUT2D eigenvalue weighted by Gasteiger charge is 2.21. The predicted octanol–water partition coefficient (Wildman–Crippen LogP) is 6.29. The summed E-state index contributed by atoms with van der Waals surface area (Å²) >= 11 is 12.4. The van der Waals surface area contributed by atoms with E-state index in [1.54, 1.807) is 0 Å². The van der Waals surface area contributed by atoms with E-state index in [0.29, 0.717) is 12.5 Å². The summed E-state index contributed by atoms with van der Waals surface area (Å²) in [6.07, 6.45) is 1.81. The van der Waals surface area contributed by atoms with Crippen LogP contribution < -0.4 is 0 Å². The van der Waals surface area contributed by atoms with Crippen molar-refractivity contribution < 1.29 is 4.74 Å². The fraction of sp³-hybridized carbons (Fsp3) is 0.556. The van der Waals surface area contributed by atoms with Crippen molar-refractivity contribution in [3.8, 4) is 0 Å². The molecule has 0 aliphatic rings. The molecule has 1 aromatic rings. The highest BCUT2D eigenvalue weighted by molar-refractivity contribution is 6.31. The first-order valence-corrected chi connectivity index (χ1v) is 8.40. The maximum absolute atomic E-state index is 6.52. The zero-order valence-electron chi connectivity index (χ0n) is 13.5. The van der Waals surface area contributed by atoms with Crippen molar-refractivity contribution >= 4 is 23.2 Å². The SMILES string of the molecule is C=C(OCC)C(CCCCl)c1ccc(C(C)(C)C)cc1Cl. The first-order chi connectivity index (χ1) is 9.81. The Morgan fingerprint density at radius 1 is 1.33 bits per heavy atom. The second-order valence-electron chi connectivity index (χ2n) is 6.27. The quantitative estimate of drug-likeness (QED) is 0.422. The van der Waals surface area contributed by atoms with Gasteiger partial charge in [0.2, 0.25) is 0 Å². The molecule has 0 bridgehead atoms. The Labute approximate surface area is 139 Å². The van der Waals surface area contributed by atoms with Gasteiger partial charge in [-0.25, -0.2) is 0 Å². The molecule has 0 spiro atoms. The summed E-state index contributed by atoms with van der Waals surface area (Å²) in [6.45, 7) is 13.2. The lowest BCUT2D eigenvalue weighted by Crippen LogP contribution is -2.12. The van der Waals surface area contributed by atoms with Crippen molar-refractivity contribution in [2.75, 3.05) is 12.5 Å². The van der Waals surface area contributed by atoms with Crippen molar-refractivity contribution in [3.05, 3.63) is 46.7 Å². The number of ether oxygens (including phenoxy) is 1. The molecule has 0 radical (unpaired) electrons. The Hall–Kier alpha value is -0.660. The van der Waals surface area contributed by atoms with Crippen LogP contribution >= 0.6 is 23.2 Å². The molecule has 0 saturated heterocycles. The minimum absolute atomic E-state index is 0.0880. The number of halogens is 2. The average Bonchev–Trinajstić information content (AvgIpc) is 2.39. The van der Waals surface area contributed by atoms with E-state index in [4.69, 9.17) is 27.9 Å². The first kappa shape index (κ1) is 18.4. The lowest BCUT2D eigenvalue weighted by molar-refractivity contribution is 0.207. The van der Waals surface area contributed by atoms with Gasteiger partial charge in [0, 0.05) is 16.8 Å². The molecule has 0 aliphatic heterocycles. The van der Waals surface area contributed by atoms with Crippen molar-refractivity contribution in [3.63, 3.8) is 0 Å². The molecular weight excluding hydrogens is 303 g/mol. The highest BCUT2D eigenvalue weighted by atomic mass is 35.5. The van der Waals surface area contributed by atoms with Crippen LogP contribution in [0, 0.1) is 0 Å². The fourth-order valence-corrected chi connectivity index (χ4v) is 2.80. The Bertz CT molecular complexity index is 475. The van der Waals surface area contributed by atoms with Gasteiger partial charge in [-0.05, 0) is 42.4 Å². The Kier molecular flexibility index (Phi) is 7.09. The third kappa shape index (κ3) is 5.23. The van der Waals surface area contributed by atoms with Crippen LogP contribution in [0.25, 0.3) is 0 Å². The molecule has 0 aromatic heterocycles. The molecule has 1 unspecified atom stereocenters.